The van der Waals surface area contributed by atoms with E-state index in [1.807, 2.05) is 12.1 Å². The van der Waals surface area contributed by atoms with Crippen molar-refractivity contribution in [3.05, 3.63) is 58.9 Å². The maximum absolute atomic E-state index is 14.0. The van der Waals surface area contributed by atoms with E-state index in [9.17, 15) is 23.6 Å². The lowest BCUT2D eigenvalue weighted by molar-refractivity contribution is 0.0692. The molecule has 2 heterocycles. The first-order valence-electron chi connectivity index (χ1n) is 11.4. The van der Waals surface area contributed by atoms with Crippen LogP contribution in [0, 0.1) is 17.7 Å². The average Bonchev–Trinajstić information content (AvgIpc) is 3.48. The number of halogens is 1. The van der Waals surface area contributed by atoms with Gasteiger partial charge in [-0.3, -0.25) is 4.90 Å². The van der Waals surface area contributed by atoms with Crippen LogP contribution in [0.2, 0.25) is 0 Å². The summed E-state index contributed by atoms with van der Waals surface area (Å²) >= 11 is 0. The number of benzene rings is 2. The average molecular weight is 487 g/mol. The number of carboxylic acids is 1. The fourth-order valence-corrected chi connectivity index (χ4v) is 5.89. The second kappa shape index (κ2) is 9.48. The van der Waals surface area contributed by atoms with E-state index >= 15 is 0 Å². The molecule has 7 nitrogen and oxygen atoms in total. The van der Waals surface area contributed by atoms with Crippen molar-refractivity contribution in [1.29, 1.82) is 0 Å². The van der Waals surface area contributed by atoms with Crippen LogP contribution in [-0.2, 0) is 11.0 Å². The molecule has 1 saturated heterocycles. The maximum Gasteiger partial charge on any atom is 0.341 e. The molecule has 2 fully saturated rings. The normalized spacial score (nSPS) is 24.4. The van der Waals surface area contributed by atoms with Crippen LogP contribution >= 0.6 is 0 Å². The molecule has 4 atom stereocenters. The van der Waals surface area contributed by atoms with E-state index in [1.165, 1.54) is 18.2 Å². The van der Waals surface area contributed by atoms with Gasteiger partial charge >= 0.3 is 5.97 Å². The minimum atomic E-state index is -1.83. The molecule has 1 aliphatic carbocycles. The van der Waals surface area contributed by atoms with E-state index in [-0.39, 0.29) is 23.8 Å². The quantitative estimate of drug-likeness (QED) is 0.529. The largest absolute Gasteiger partial charge is 0.492 e. The predicted molar refractivity (Wildman–Crippen MR) is 127 cm³/mol. The second-order valence-electron chi connectivity index (χ2n) is 9.18. The highest BCUT2D eigenvalue weighted by molar-refractivity contribution is 7.86. The number of aromatic carboxylic acids is 1. The lowest BCUT2D eigenvalue weighted by Gasteiger charge is -2.21. The third-order valence-corrected chi connectivity index (χ3v) is 8.01. The third kappa shape index (κ3) is 4.60. The minimum Gasteiger partial charge on any atom is -0.492 e. The molecule has 9 heteroatoms. The number of likely N-dealkylation sites (tertiary alicyclic amines) is 1. The molecule has 2 aromatic rings. The topological polar surface area (TPSA) is 99.1 Å². The summed E-state index contributed by atoms with van der Waals surface area (Å²) < 4.78 is 35.8. The zero-order valence-corrected chi connectivity index (χ0v) is 19.4. The number of ether oxygens (including phenoxy) is 1. The van der Waals surface area contributed by atoms with E-state index in [0.717, 1.165) is 31.5 Å². The Kier molecular flexibility index (Phi) is 6.42. The molecular weight excluding hydrogens is 459 g/mol. The molecule has 3 N–H and O–H groups in total. The molecule has 0 spiro atoms. The van der Waals surface area contributed by atoms with Gasteiger partial charge in [0.25, 0.3) is 0 Å². The van der Waals surface area contributed by atoms with Crippen molar-refractivity contribution in [3.63, 3.8) is 0 Å². The molecule has 0 amide bonds. The SMILES string of the molecule is O=C(O)c1c(NS(=O)c2ccc(F)cc2C=CCN2CCC(CO)C2)ccc2c1OCC1CC21. The number of carbonyl (C=O) groups is 1. The van der Waals surface area contributed by atoms with E-state index < -0.39 is 22.8 Å². The van der Waals surface area contributed by atoms with Crippen molar-refractivity contribution in [2.45, 2.75) is 23.7 Å². The Balaban J connectivity index is 1.36. The first-order valence-corrected chi connectivity index (χ1v) is 12.6. The number of carboxylic acid groups (broad SMARTS) is 1. The number of hydrogen-bond acceptors (Lipinski definition) is 5. The predicted octanol–water partition coefficient (Wildman–Crippen LogP) is 3.48. The summed E-state index contributed by atoms with van der Waals surface area (Å²) in [6, 6.07) is 7.47. The summed E-state index contributed by atoms with van der Waals surface area (Å²) in [5.41, 5.74) is 1.52. The molecular formula is C25H27FN2O5S. The highest BCUT2D eigenvalue weighted by Gasteiger charge is 2.45. The molecule has 5 rings (SSSR count). The van der Waals surface area contributed by atoms with Gasteiger partial charge in [0.2, 0.25) is 0 Å². The standard InChI is InChI=1S/C25H27FN2O5S/c26-18-3-6-22(16(10-18)2-1-8-28-9-7-15(12-28)13-29)34(32)27-21-5-4-19-20-11-17(20)14-33-24(19)23(21)25(30)31/h1-6,10,15,17,20,27,29H,7-9,11-14H2,(H,30,31). The van der Waals surface area contributed by atoms with Gasteiger partial charge in [0, 0.05) is 25.6 Å². The van der Waals surface area contributed by atoms with Crippen LogP contribution in [-0.4, -0.2) is 58.1 Å². The number of hydrogen-bond donors (Lipinski definition) is 3. The molecule has 0 aromatic heterocycles. The highest BCUT2D eigenvalue weighted by Crippen LogP contribution is 2.55. The molecule has 4 unspecified atom stereocenters. The second-order valence-corrected chi connectivity index (χ2v) is 10.4. The Bertz CT molecular complexity index is 1170. The van der Waals surface area contributed by atoms with Gasteiger partial charge in [0.05, 0.1) is 17.2 Å². The Labute approximate surface area is 199 Å². The Morgan fingerprint density at radius 3 is 2.94 bits per heavy atom. The lowest BCUT2D eigenvalue weighted by atomic mass is 10.0. The van der Waals surface area contributed by atoms with Crippen LogP contribution in [0.3, 0.4) is 0 Å². The van der Waals surface area contributed by atoms with Crippen molar-refractivity contribution >= 4 is 28.7 Å². The summed E-state index contributed by atoms with van der Waals surface area (Å²) in [5.74, 6) is -0.191. The number of aliphatic hydroxyl groups excluding tert-OH is 1. The number of aliphatic hydroxyl groups is 1. The maximum atomic E-state index is 14.0. The zero-order valence-electron chi connectivity index (χ0n) is 18.6. The molecule has 3 aliphatic rings. The number of rotatable bonds is 8. The monoisotopic (exact) mass is 486 g/mol. The molecule has 0 bridgehead atoms. The van der Waals surface area contributed by atoms with E-state index in [2.05, 4.69) is 9.62 Å². The van der Waals surface area contributed by atoms with Crippen molar-refractivity contribution < 1.29 is 28.3 Å². The van der Waals surface area contributed by atoms with Crippen molar-refractivity contribution in [2.24, 2.45) is 11.8 Å². The number of anilines is 1. The Morgan fingerprint density at radius 2 is 2.18 bits per heavy atom. The highest BCUT2D eigenvalue weighted by atomic mass is 32.2. The summed E-state index contributed by atoms with van der Waals surface area (Å²) in [6.07, 6.45) is 5.55. The molecule has 34 heavy (non-hydrogen) atoms. The Hall–Kier alpha value is -2.75. The van der Waals surface area contributed by atoms with Crippen LogP contribution in [0.1, 0.15) is 40.2 Å². The molecule has 180 valence electrons. The van der Waals surface area contributed by atoms with Crippen LogP contribution in [0.4, 0.5) is 10.1 Å². The summed E-state index contributed by atoms with van der Waals surface area (Å²) in [6.45, 7) is 3.00. The minimum absolute atomic E-state index is 0.0251. The van der Waals surface area contributed by atoms with Crippen LogP contribution < -0.4 is 9.46 Å². The van der Waals surface area contributed by atoms with E-state index in [1.54, 1.807) is 12.1 Å². The fraction of sp³-hybridized carbons (Fsp3) is 0.400. The zero-order chi connectivity index (χ0) is 23.8. The van der Waals surface area contributed by atoms with Gasteiger partial charge in [-0.1, -0.05) is 18.2 Å². The summed E-state index contributed by atoms with van der Waals surface area (Å²) in [7, 11) is -1.83. The van der Waals surface area contributed by atoms with Gasteiger partial charge in [-0.05, 0) is 66.6 Å². The fourth-order valence-electron chi connectivity index (χ4n) is 4.88. The van der Waals surface area contributed by atoms with Crippen LogP contribution in [0.25, 0.3) is 6.08 Å². The smallest absolute Gasteiger partial charge is 0.341 e. The van der Waals surface area contributed by atoms with E-state index in [4.69, 9.17) is 4.74 Å². The molecule has 2 aromatic carbocycles. The summed E-state index contributed by atoms with van der Waals surface area (Å²) in [4.78, 5) is 14.6. The lowest BCUT2D eigenvalue weighted by Crippen LogP contribution is -2.21. The van der Waals surface area contributed by atoms with Gasteiger partial charge in [0.1, 0.15) is 17.1 Å². The number of fused-ring (bicyclic) bond motifs is 3. The van der Waals surface area contributed by atoms with E-state index in [0.29, 0.717) is 41.2 Å². The van der Waals surface area contributed by atoms with Gasteiger partial charge < -0.3 is 19.7 Å². The van der Waals surface area contributed by atoms with Crippen LogP contribution in [0.5, 0.6) is 5.75 Å². The van der Waals surface area contributed by atoms with Crippen LogP contribution in [0.15, 0.2) is 41.3 Å². The van der Waals surface area contributed by atoms with Crippen molar-refractivity contribution in [2.75, 3.05) is 37.6 Å². The molecule has 0 radical (unpaired) electrons. The van der Waals surface area contributed by atoms with Gasteiger partial charge in [-0.15, -0.1) is 0 Å². The molecule has 2 aliphatic heterocycles. The van der Waals surface area contributed by atoms with Gasteiger partial charge in [-0.25, -0.2) is 13.4 Å². The Morgan fingerprint density at radius 1 is 1.32 bits per heavy atom. The number of nitrogens with one attached hydrogen (secondary N) is 1. The third-order valence-electron chi connectivity index (χ3n) is 6.83. The van der Waals surface area contributed by atoms with Gasteiger partial charge in [-0.2, -0.15) is 0 Å². The first-order chi connectivity index (χ1) is 16.4. The summed E-state index contributed by atoms with van der Waals surface area (Å²) in [5, 5.41) is 19.2. The molecule has 1 saturated carbocycles. The first kappa shape index (κ1) is 23.0. The van der Waals surface area contributed by atoms with Crippen molar-refractivity contribution in [3.8, 4) is 5.75 Å². The number of nitrogens with zero attached hydrogens (tertiary/aromatic N) is 1. The van der Waals surface area contributed by atoms with Gasteiger partial charge in [0.15, 0.2) is 11.0 Å². The van der Waals surface area contributed by atoms with Crippen molar-refractivity contribution in [1.82, 2.24) is 4.90 Å².